The monoisotopic (exact) mass is 384 g/mol. The molecule has 0 radical (unpaired) electrons. The Balaban J connectivity index is 1.59. The predicted molar refractivity (Wildman–Crippen MR) is 106 cm³/mol. The number of thioether (sulfide) groups is 1. The highest BCUT2D eigenvalue weighted by Crippen LogP contribution is 2.23. The number of hydrogen-bond donors (Lipinski definition) is 2. The molecule has 1 fully saturated rings. The van der Waals surface area contributed by atoms with Gasteiger partial charge >= 0.3 is 5.97 Å². The molecule has 1 aliphatic carbocycles. The molecule has 1 aromatic heterocycles. The smallest absolute Gasteiger partial charge is 0.335 e. The summed E-state index contributed by atoms with van der Waals surface area (Å²) in [6.07, 6.45) is 8.12. The van der Waals surface area contributed by atoms with Gasteiger partial charge in [-0.2, -0.15) is 0 Å². The van der Waals surface area contributed by atoms with Crippen molar-refractivity contribution < 1.29 is 14.7 Å². The van der Waals surface area contributed by atoms with Crippen molar-refractivity contribution in [3.63, 3.8) is 0 Å². The van der Waals surface area contributed by atoms with E-state index in [1.54, 1.807) is 30.5 Å². The fourth-order valence-electron chi connectivity index (χ4n) is 3.31. The first kappa shape index (κ1) is 19.4. The molecule has 2 N–H and O–H groups in total. The number of rotatable bonds is 7. The molecule has 0 unspecified atom stereocenters. The quantitative estimate of drug-likeness (QED) is 0.700. The number of carboxylic acids is 1. The van der Waals surface area contributed by atoms with E-state index < -0.39 is 5.97 Å². The maximum Gasteiger partial charge on any atom is 0.335 e. The lowest BCUT2D eigenvalue weighted by Crippen LogP contribution is -2.36. The summed E-state index contributed by atoms with van der Waals surface area (Å²) in [5.74, 6) is -0.245. The summed E-state index contributed by atoms with van der Waals surface area (Å²) < 4.78 is 0. The second-order valence-corrected chi connectivity index (χ2v) is 7.85. The number of aromatic nitrogens is 1. The van der Waals surface area contributed by atoms with Gasteiger partial charge in [0.15, 0.2) is 0 Å². The number of carboxylic acid groups (broad SMARTS) is 1. The van der Waals surface area contributed by atoms with Crippen LogP contribution in [0.25, 0.3) is 0 Å². The van der Waals surface area contributed by atoms with Crippen LogP contribution in [0.1, 0.15) is 58.4 Å². The SMILES string of the molecule is O=C(O)c1cccc(CCSc2ncccc2C(=O)NC2CCCCC2)c1. The van der Waals surface area contributed by atoms with E-state index in [-0.39, 0.29) is 11.9 Å². The Morgan fingerprint density at radius 1 is 1.15 bits per heavy atom. The van der Waals surface area contributed by atoms with Gasteiger partial charge in [0.25, 0.3) is 5.91 Å². The Hall–Kier alpha value is -2.34. The minimum Gasteiger partial charge on any atom is -0.478 e. The van der Waals surface area contributed by atoms with E-state index in [9.17, 15) is 9.59 Å². The Morgan fingerprint density at radius 3 is 2.74 bits per heavy atom. The van der Waals surface area contributed by atoms with Gasteiger partial charge in [0.1, 0.15) is 5.03 Å². The van der Waals surface area contributed by atoms with Crippen LogP contribution < -0.4 is 5.32 Å². The van der Waals surface area contributed by atoms with Gasteiger partial charge in [0.2, 0.25) is 0 Å². The molecule has 0 atom stereocenters. The molecule has 2 aromatic rings. The Bertz CT molecular complexity index is 804. The van der Waals surface area contributed by atoms with Gasteiger partial charge in [-0.3, -0.25) is 4.79 Å². The minimum atomic E-state index is -0.920. The molecule has 0 spiro atoms. The van der Waals surface area contributed by atoms with Crippen LogP contribution in [0, 0.1) is 0 Å². The van der Waals surface area contributed by atoms with E-state index in [1.807, 2.05) is 12.1 Å². The number of nitrogens with one attached hydrogen (secondary N) is 1. The van der Waals surface area contributed by atoms with Crippen LogP contribution in [0.4, 0.5) is 0 Å². The third-order valence-electron chi connectivity index (χ3n) is 4.76. The molecular weight excluding hydrogens is 360 g/mol. The van der Waals surface area contributed by atoms with Gasteiger partial charge in [-0.1, -0.05) is 31.4 Å². The summed E-state index contributed by atoms with van der Waals surface area (Å²) in [6.45, 7) is 0. The van der Waals surface area contributed by atoms with Gasteiger partial charge in [-0.25, -0.2) is 9.78 Å². The first-order chi connectivity index (χ1) is 13.1. The predicted octanol–water partition coefficient (Wildman–Crippen LogP) is 4.18. The van der Waals surface area contributed by atoms with Gasteiger partial charge < -0.3 is 10.4 Å². The lowest BCUT2D eigenvalue weighted by atomic mass is 9.95. The molecule has 1 aromatic carbocycles. The van der Waals surface area contributed by atoms with E-state index in [2.05, 4.69) is 10.3 Å². The van der Waals surface area contributed by atoms with Crippen molar-refractivity contribution in [2.24, 2.45) is 0 Å². The molecule has 5 nitrogen and oxygen atoms in total. The molecule has 3 rings (SSSR count). The molecular formula is C21H24N2O3S. The Morgan fingerprint density at radius 2 is 1.96 bits per heavy atom. The average Bonchev–Trinajstić information content (AvgIpc) is 2.69. The topological polar surface area (TPSA) is 79.3 Å². The molecule has 0 aliphatic heterocycles. The van der Waals surface area contributed by atoms with Crippen molar-refractivity contribution in [2.75, 3.05) is 5.75 Å². The Kier molecular flexibility index (Phi) is 6.87. The fourth-order valence-corrected chi connectivity index (χ4v) is 4.30. The first-order valence-corrected chi connectivity index (χ1v) is 10.3. The van der Waals surface area contributed by atoms with Crippen molar-refractivity contribution in [1.82, 2.24) is 10.3 Å². The summed E-state index contributed by atoms with van der Waals surface area (Å²) in [5, 5.41) is 13.0. The first-order valence-electron chi connectivity index (χ1n) is 9.34. The highest BCUT2D eigenvalue weighted by atomic mass is 32.2. The molecule has 142 valence electrons. The zero-order chi connectivity index (χ0) is 19.1. The maximum absolute atomic E-state index is 12.7. The van der Waals surface area contributed by atoms with Crippen LogP contribution in [-0.4, -0.2) is 33.8 Å². The van der Waals surface area contributed by atoms with Crippen LogP contribution in [-0.2, 0) is 6.42 Å². The lowest BCUT2D eigenvalue weighted by Gasteiger charge is -2.23. The third kappa shape index (κ3) is 5.57. The molecule has 1 saturated carbocycles. The summed E-state index contributed by atoms with van der Waals surface area (Å²) in [4.78, 5) is 28.1. The molecule has 1 aliphatic rings. The minimum absolute atomic E-state index is 0.0506. The maximum atomic E-state index is 12.7. The van der Waals surface area contributed by atoms with Crippen LogP contribution in [0.15, 0.2) is 47.6 Å². The van der Waals surface area contributed by atoms with Crippen LogP contribution in [0.2, 0.25) is 0 Å². The number of hydrogen-bond acceptors (Lipinski definition) is 4. The second kappa shape index (κ2) is 9.55. The standard InChI is InChI=1S/C21H24N2O3S/c24-19(23-17-8-2-1-3-9-17)18-10-5-12-22-20(18)27-13-11-15-6-4-7-16(14-15)21(25)26/h4-7,10,12,14,17H,1-3,8-9,11,13H2,(H,23,24)(H,25,26). The molecule has 1 heterocycles. The second-order valence-electron chi connectivity index (χ2n) is 6.77. The highest BCUT2D eigenvalue weighted by Gasteiger charge is 2.19. The third-order valence-corrected chi connectivity index (χ3v) is 5.77. The number of amides is 1. The van der Waals surface area contributed by atoms with E-state index in [0.29, 0.717) is 17.5 Å². The zero-order valence-electron chi connectivity index (χ0n) is 15.2. The van der Waals surface area contributed by atoms with Crippen LogP contribution in [0.5, 0.6) is 0 Å². The molecule has 0 bridgehead atoms. The normalized spacial score (nSPS) is 14.7. The van der Waals surface area contributed by atoms with Gasteiger partial charge in [0, 0.05) is 18.0 Å². The zero-order valence-corrected chi connectivity index (χ0v) is 16.0. The van der Waals surface area contributed by atoms with Crippen LogP contribution >= 0.6 is 11.8 Å². The fraction of sp³-hybridized carbons (Fsp3) is 0.381. The average molecular weight is 385 g/mol. The Labute approximate surface area is 163 Å². The molecule has 1 amide bonds. The number of nitrogens with zero attached hydrogens (tertiary/aromatic N) is 1. The van der Waals surface area contributed by atoms with E-state index >= 15 is 0 Å². The molecule has 0 saturated heterocycles. The molecule has 27 heavy (non-hydrogen) atoms. The van der Waals surface area contributed by atoms with Crippen molar-refractivity contribution in [3.8, 4) is 0 Å². The number of aryl methyl sites for hydroxylation is 1. The summed E-state index contributed by atoms with van der Waals surface area (Å²) in [5.41, 5.74) is 1.88. The van der Waals surface area contributed by atoms with E-state index in [4.69, 9.17) is 5.11 Å². The van der Waals surface area contributed by atoms with E-state index in [0.717, 1.165) is 29.2 Å². The summed E-state index contributed by atoms with van der Waals surface area (Å²) >= 11 is 1.53. The summed E-state index contributed by atoms with van der Waals surface area (Å²) in [6, 6.07) is 10.8. The highest BCUT2D eigenvalue weighted by molar-refractivity contribution is 7.99. The van der Waals surface area contributed by atoms with E-state index in [1.165, 1.54) is 31.0 Å². The van der Waals surface area contributed by atoms with Crippen molar-refractivity contribution in [2.45, 2.75) is 49.6 Å². The number of carbonyl (C=O) groups is 2. The number of pyridine rings is 1. The largest absolute Gasteiger partial charge is 0.478 e. The van der Waals surface area contributed by atoms with Gasteiger partial charge in [-0.15, -0.1) is 11.8 Å². The lowest BCUT2D eigenvalue weighted by molar-refractivity contribution is 0.0696. The van der Waals surface area contributed by atoms with Crippen molar-refractivity contribution in [1.29, 1.82) is 0 Å². The van der Waals surface area contributed by atoms with Crippen molar-refractivity contribution >= 4 is 23.6 Å². The van der Waals surface area contributed by atoms with Crippen LogP contribution in [0.3, 0.4) is 0 Å². The van der Waals surface area contributed by atoms with Gasteiger partial charge in [0.05, 0.1) is 11.1 Å². The number of carbonyl (C=O) groups excluding carboxylic acids is 1. The summed E-state index contributed by atoms with van der Waals surface area (Å²) in [7, 11) is 0. The molecule has 6 heteroatoms. The number of aromatic carboxylic acids is 1. The number of benzene rings is 1. The van der Waals surface area contributed by atoms with Gasteiger partial charge in [-0.05, 0) is 49.1 Å². The van der Waals surface area contributed by atoms with Crippen molar-refractivity contribution in [3.05, 3.63) is 59.3 Å².